The fraction of sp³-hybridized carbons (Fsp3) is 0.320. The number of carbonyl (C=O) groups excluding carboxylic acids is 3. The lowest BCUT2D eigenvalue weighted by Crippen LogP contribution is -2.56. The molecular formula is C25H27N3O4. The molecule has 3 N–H and O–H groups in total. The van der Waals surface area contributed by atoms with Gasteiger partial charge in [-0.3, -0.25) is 14.5 Å². The smallest absolute Gasteiger partial charge is 0.411 e. The van der Waals surface area contributed by atoms with E-state index >= 15 is 0 Å². The van der Waals surface area contributed by atoms with E-state index in [4.69, 9.17) is 16.9 Å². The van der Waals surface area contributed by atoms with Gasteiger partial charge in [0.2, 0.25) is 11.8 Å². The third kappa shape index (κ3) is 5.88. The van der Waals surface area contributed by atoms with Crippen LogP contribution in [0.2, 0.25) is 0 Å². The minimum absolute atomic E-state index is 0.0994. The zero-order valence-electron chi connectivity index (χ0n) is 17.8. The first-order valence-electron chi connectivity index (χ1n) is 10.6. The van der Waals surface area contributed by atoms with E-state index in [9.17, 15) is 14.4 Å². The summed E-state index contributed by atoms with van der Waals surface area (Å²) in [5.41, 5.74) is 8.25. The van der Waals surface area contributed by atoms with Crippen molar-refractivity contribution in [2.45, 2.75) is 50.9 Å². The number of nitrogens with one attached hydrogen (secondary N) is 1. The van der Waals surface area contributed by atoms with E-state index in [-0.39, 0.29) is 13.2 Å². The number of nitrogens with two attached hydrogens (primary N) is 1. The molecule has 0 saturated heterocycles. The minimum Gasteiger partial charge on any atom is -0.445 e. The van der Waals surface area contributed by atoms with Crippen LogP contribution in [0.3, 0.4) is 0 Å². The molecule has 0 spiro atoms. The van der Waals surface area contributed by atoms with Crippen LogP contribution in [-0.4, -0.2) is 34.9 Å². The summed E-state index contributed by atoms with van der Waals surface area (Å²) in [5.74, 6) is 1.43. The van der Waals surface area contributed by atoms with Gasteiger partial charge in [-0.25, -0.2) is 4.79 Å². The minimum atomic E-state index is -0.852. The number of rotatable bonds is 8. The van der Waals surface area contributed by atoms with E-state index in [2.05, 4.69) is 11.2 Å². The summed E-state index contributed by atoms with van der Waals surface area (Å²) in [6, 6.07) is 15.3. The van der Waals surface area contributed by atoms with Gasteiger partial charge in [-0.1, -0.05) is 54.6 Å². The zero-order chi connectivity index (χ0) is 22.9. The molecule has 7 heteroatoms. The molecule has 166 valence electrons. The van der Waals surface area contributed by atoms with Crippen LogP contribution in [0, 0.1) is 12.3 Å². The molecular weight excluding hydrogens is 406 g/mol. The number of carbonyl (C=O) groups is 3. The summed E-state index contributed by atoms with van der Waals surface area (Å²) in [5, 5.41) is 2.70. The molecule has 3 amide bonds. The molecule has 3 rings (SSSR count). The van der Waals surface area contributed by atoms with E-state index < -0.39 is 30.0 Å². The van der Waals surface area contributed by atoms with Gasteiger partial charge in [-0.2, -0.15) is 0 Å². The van der Waals surface area contributed by atoms with Gasteiger partial charge >= 0.3 is 6.09 Å². The van der Waals surface area contributed by atoms with Crippen molar-refractivity contribution in [3.05, 3.63) is 71.3 Å². The second kappa shape index (κ2) is 11.0. The van der Waals surface area contributed by atoms with Gasteiger partial charge in [0.15, 0.2) is 0 Å². The van der Waals surface area contributed by atoms with E-state index in [1.54, 1.807) is 0 Å². The average molecular weight is 434 g/mol. The maximum Gasteiger partial charge on any atom is 0.411 e. The van der Waals surface area contributed by atoms with Gasteiger partial charge in [-0.15, -0.1) is 12.3 Å². The number of terminal acetylenes is 1. The number of unbranched alkanes of at least 4 members (excludes halogenated alkanes) is 1. The van der Waals surface area contributed by atoms with Crippen LogP contribution in [-0.2, 0) is 33.9 Å². The summed E-state index contributed by atoms with van der Waals surface area (Å²) >= 11 is 0. The molecule has 0 radical (unpaired) electrons. The number of amides is 3. The SMILES string of the molecule is C#CCCC[C@@H](NC(=O)[C@@H]1Cc2ccccc2CN1C(=O)OCc1ccccc1)C(N)=O. The number of primary amides is 1. The Bertz CT molecular complexity index is 1000. The largest absolute Gasteiger partial charge is 0.445 e. The normalized spacial score (nSPS) is 15.7. The van der Waals surface area contributed by atoms with E-state index in [1.165, 1.54) is 4.90 Å². The Hall–Kier alpha value is -3.79. The quantitative estimate of drug-likeness (QED) is 0.493. The summed E-state index contributed by atoms with van der Waals surface area (Å²) in [6.07, 6.45) is 6.37. The van der Waals surface area contributed by atoms with Crippen LogP contribution in [0.15, 0.2) is 54.6 Å². The first-order chi connectivity index (χ1) is 15.5. The molecule has 0 saturated carbocycles. The second-order valence-corrected chi connectivity index (χ2v) is 7.72. The molecule has 2 aromatic rings. The van der Waals surface area contributed by atoms with Crippen molar-refractivity contribution >= 4 is 17.9 Å². The topological polar surface area (TPSA) is 102 Å². The number of benzene rings is 2. The molecule has 0 fully saturated rings. The lowest BCUT2D eigenvalue weighted by Gasteiger charge is -2.35. The molecule has 0 bridgehead atoms. The van der Waals surface area contributed by atoms with Gasteiger partial charge in [0.1, 0.15) is 18.7 Å². The average Bonchev–Trinajstić information content (AvgIpc) is 2.81. The Kier molecular flexibility index (Phi) is 7.87. The van der Waals surface area contributed by atoms with Crippen LogP contribution < -0.4 is 11.1 Å². The van der Waals surface area contributed by atoms with E-state index in [0.29, 0.717) is 25.7 Å². The van der Waals surface area contributed by atoms with Crippen LogP contribution in [0.1, 0.15) is 36.0 Å². The number of hydrogen-bond acceptors (Lipinski definition) is 4. The van der Waals surface area contributed by atoms with E-state index in [0.717, 1.165) is 16.7 Å². The predicted molar refractivity (Wildman–Crippen MR) is 120 cm³/mol. The molecule has 2 atom stereocenters. The maximum atomic E-state index is 13.1. The molecule has 0 unspecified atom stereocenters. The molecule has 7 nitrogen and oxygen atoms in total. The Labute approximate surface area is 187 Å². The molecule has 0 aromatic heterocycles. The van der Waals surface area contributed by atoms with Crippen molar-refractivity contribution in [3.8, 4) is 12.3 Å². The maximum absolute atomic E-state index is 13.1. The highest BCUT2D eigenvalue weighted by Crippen LogP contribution is 2.24. The van der Waals surface area contributed by atoms with Crippen LogP contribution in [0.4, 0.5) is 4.79 Å². The van der Waals surface area contributed by atoms with Crippen molar-refractivity contribution in [1.29, 1.82) is 0 Å². The standard InChI is InChI=1S/C25H27N3O4/c1-2-3-5-14-21(23(26)29)27-24(30)22-15-19-12-8-9-13-20(19)16-28(22)25(31)32-17-18-10-6-4-7-11-18/h1,4,6-13,21-22H,3,5,14-17H2,(H2,26,29)(H,27,30)/t21-,22+/m1/s1. The number of fused-ring (bicyclic) bond motifs is 1. The Morgan fingerprint density at radius 3 is 2.50 bits per heavy atom. The molecule has 2 aromatic carbocycles. The van der Waals surface area contributed by atoms with Gasteiger partial charge in [0, 0.05) is 12.8 Å². The summed E-state index contributed by atoms with van der Waals surface area (Å²) < 4.78 is 5.49. The summed E-state index contributed by atoms with van der Waals surface area (Å²) in [7, 11) is 0. The highest BCUT2D eigenvalue weighted by molar-refractivity contribution is 5.91. The van der Waals surface area contributed by atoms with Gasteiger partial charge in [-0.05, 0) is 29.5 Å². The first kappa shape index (κ1) is 22.9. The number of ether oxygens (including phenoxy) is 1. The van der Waals surface area contributed by atoms with Gasteiger partial charge in [0.25, 0.3) is 0 Å². The van der Waals surface area contributed by atoms with Gasteiger partial charge < -0.3 is 15.8 Å². The van der Waals surface area contributed by atoms with Crippen LogP contribution in [0.25, 0.3) is 0 Å². The van der Waals surface area contributed by atoms with Crippen molar-refractivity contribution in [1.82, 2.24) is 10.2 Å². The molecule has 1 heterocycles. The van der Waals surface area contributed by atoms with Crippen molar-refractivity contribution in [2.24, 2.45) is 5.73 Å². The van der Waals surface area contributed by atoms with Gasteiger partial charge in [0.05, 0.1) is 6.54 Å². The van der Waals surface area contributed by atoms with Crippen molar-refractivity contribution in [3.63, 3.8) is 0 Å². The predicted octanol–water partition coefficient (Wildman–Crippen LogP) is 2.52. The third-order valence-corrected chi connectivity index (χ3v) is 5.46. The number of nitrogens with zero attached hydrogens (tertiary/aromatic N) is 1. The van der Waals surface area contributed by atoms with Crippen molar-refractivity contribution < 1.29 is 19.1 Å². The zero-order valence-corrected chi connectivity index (χ0v) is 17.8. The molecule has 1 aliphatic rings. The van der Waals surface area contributed by atoms with Crippen LogP contribution >= 0.6 is 0 Å². The fourth-order valence-electron chi connectivity index (χ4n) is 3.71. The summed E-state index contributed by atoms with van der Waals surface area (Å²) in [4.78, 5) is 39.3. The molecule has 0 aliphatic carbocycles. The molecule has 1 aliphatic heterocycles. The Balaban J connectivity index is 1.75. The monoisotopic (exact) mass is 433 g/mol. The number of hydrogen-bond donors (Lipinski definition) is 2. The first-order valence-corrected chi connectivity index (χ1v) is 10.6. The molecule has 32 heavy (non-hydrogen) atoms. The fourth-order valence-corrected chi connectivity index (χ4v) is 3.71. The van der Waals surface area contributed by atoms with Crippen LogP contribution in [0.5, 0.6) is 0 Å². The lowest BCUT2D eigenvalue weighted by atomic mass is 9.93. The third-order valence-electron chi connectivity index (χ3n) is 5.46. The Morgan fingerprint density at radius 2 is 1.81 bits per heavy atom. The Morgan fingerprint density at radius 1 is 1.12 bits per heavy atom. The van der Waals surface area contributed by atoms with Crippen molar-refractivity contribution in [2.75, 3.05) is 0 Å². The highest BCUT2D eigenvalue weighted by atomic mass is 16.6. The highest BCUT2D eigenvalue weighted by Gasteiger charge is 2.36. The second-order valence-electron chi connectivity index (χ2n) is 7.72. The summed E-state index contributed by atoms with van der Waals surface area (Å²) in [6.45, 7) is 0.336. The lowest BCUT2D eigenvalue weighted by molar-refractivity contribution is -0.131. The van der Waals surface area contributed by atoms with E-state index in [1.807, 2.05) is 54.6 Å².